The second-order valence-electron chi connectivity index (χ2n) is 5.03. The van der Waals surface area contributed by atoms with E-state index in [4.69, 9.17) is 17.3 Å². The van der Waals surface area contributed by atoms with Crippen molar-refractivity contribution in [1.29, 1.82) is 0 Å². The van der Waals surface area contributed by atoms with Crippen LogP contribution in [0.15, 0.2) is 29.2 Å². The van der Waals surface area contributed by atoms with E-state index in [0.717, 1.165) is 21.6 Å². The molecule has 0 saturated carbocycles. The lowest BCUT2D eigenvalue weighted by Crippen LogP contribution is -2.34. The van der Waals surface area contributed by atoms with Crippen molar-refractivity contribution in [3.05, 3.63) is 34.7 Å². The third-order valence-corrected chi connectivity index (χ3v) is 4.96. The number of benzene rings is 1. The third kappa shape index (κ3) is 2.42. The van der Waals surface area contributed by atoms with Crippen molar-refractivity contribution < 1.29 is 24.3 Å². The number of carboxylic acids is 1. The van der Waals surface area contributed by atoms with Crippen molar-refractivity contribution in [2.45, 2.75) is 6.92 Å². The molecule has 3 rings (SSSR count). The molecule has 3 amide bonds. The van der Waals surface area contributed by atoms with E-state index in [9.17, 15) is 19.2 Å². The lowest BCUT2D eigenvalue weighted by atomic mass is 10.1. The van der Waals surface area contributed by atoms with E-state index in [2.05, 4.69) is 0 Å². The molecule has 0 spiro atoms. The zero-order valence-corrected chi connectivity index (χ0v) is 13.9. The number of anilines is 1. The summed E-state index contributed by atoms with van der Waals surface area (Å²) in [7, 11) is 0. The van der Waals surface area contributed by atoms with Crippen LogP contribution >= 0.6 is 24.0 Å². The Morgan fingerprint density at radius 1 is 1.21 bits per heavy atom. The monoisotopic (exact) mass is 362 g/mol. The minimum absolute atomic E-state index is 0.0439. The fourth-order valence-electron chi connectivity index (χ4n) is 2.57. The van der Waals surface area contributed by atoms with Crippen LogP contribution < -0.4 is 4.90 Å². The van der Waals surface area contributed by atoms with Gasteiger partial charge in [-0.05, 0) is 6.07 Å². The van der Waals surface area contributed by atoms with Crippen LogP contribution in [0.2, 0.25) is 0 Å². The van der Waals surface area contributed by atoms with E-state index >= 15 is 0 Å². The van der Waals surface area contributed by atoms with Crippen LogP contribution in [0.4, 0.5) is 5.69 Å². The van der Waals surface area contributed by atoms with Crippen LogP contribution in [0.3, 0.4) is 0 Å². The molecule has 24 heavy (non-hydrogen) atoms. The Balaban J connectivity index is 2.15. The fraction of sp³-hybridized carbons (Fsp3) is 0.133. The molecule has 0 unspecified atom stereocenters. The van der Waals surface area contributed by atoms with Gasteiger partial charge in [-0.3, -0.25) is 24.1 Å². The van der Waals surface area contributed by atoms with Gasteiger partial charge < -0.3 is 5.11 Å². The molecule has 1 fully saturated rings. The Hall–Kier alpha value is -2.52. The summed E-state index contributed by atoms with van der Waals surface area (Å²) in [5, 5.41) is 8.89. The van der Waals surface area contributed by atoms with Crippen molar-refractivity contribution in [3.63, 3.8) is 0 Å². The van der Waals surface area contributed by atoms with E-state index < -0.39 is 30.2 Å². The average Bonchev–Trinajstić information content (AvgIpc) is 2.94. The number of nitrogens with zero attached hydrogens (tertiary/aromatic N) is 2. The highest BCUT2D eigenvalue weighted by atomic mass is 32.2. The van der Waals surface area contributed by atoms with Gasteiger partial charge in [-0.2, -0.15) is 0 Å². The van der Waals surface area contributed by atoms with Gasteiger partial charge in [-0.15, -0.1) is 0 Å². The maximum atomic E-state index is 12.7. The minimum atomic E-state index is -1.21. The molecule has 7 nitrogen and oxygen atoms in total. The molecule has 2 heterocycles. The number of hydrogen-bond donors (Lipinski definition) is 1. The molecule has 1 saturated heterocycles. The number of thioether (sulfide) groups is 1. The lowest BCUT2D eigenvalue weighted by molar-refractivity contribution is -0.140. The number of aliphatic carboxylic acids is 1. The number of rotatable bonds is 2. The number of thiocarbonyl (C=S) groups is 1. The number of carbonyl (C=O) groups is 4. The summed E-state index contributed by atoms with van der Waals surface area (Å²) in [6, 6.07) is 6.61. The predicted molar refractivity (Wildman–Crippen MR) is 91.1 cm³/mol. The summed E-state index contributed by atoms with van der Waals surface area (Å²) >= 11 is 5.91. The van der Waals surface area contributed by atoms with Crippen LogP contribution in [-0.4, -0.2) is 44.6 Å². The van der Waals surface area contributed by atoms with Crippen molar-refractivity contribution in [3.8, 4) is 0 Å². The number of para-hydroxylation sites is 1. The second kappa shape index (κ2) is 5.84. The Labute approximate surface area is 145 Å². The molecular formula is C15H10N2O5S2. The average molecular weight is 362 g/mol. The quantitative estimate of drug-likeness (QED) is 0.625. The summed E-state index contributed by atoms with van der Waals surface area (Å²) in [5.41, 5.74) is 0.924. The number of hydrogen-bond acceptors (Lipinski definition) is 6. The minimum Gasteiger partial charge on any atom is -0.480 e. The highest BCUT2D eigenvalue weighted by Crippen LogP contribution is 2.44. The topological polar surface area (TPSA) is 95.0 Å². The maximum Gasteiger partial charge on any atom is 0.323 e. The van der Waals surface area contributed by atoms with Gasteiger partial charge >= 0.3 is 5.97 Å². The molecule has 0 bridgehead atoms. The predicted octanol–water partition coefficient (Wildman–Crippen LogP) is 1.24. The van der Waals surface area contributed by atoms with Gasteiger partial charge in [0.15, 0.2) is 0 Å². The maximum absolute atomic E-state index is 12.7. The van der Waals surface area contributed by atoms with Crippen molar-refractivity contribution >= 4 is 63.3 Å². The molecule has 1 N–H and O–H groups in total. The van der Waals surface area contributed by atoms with Gasteiger partial charge in [-0.25, -0.2) is 4.90 Å². The van der Waals surface area contributed by atoms with Gasteiger partial charge in [0.05, 0.1) is 16.2 Å². The highest BCUT2D eigenvalue weighted by molar-refractivity contribution is 8.26. The van der Waals surface area contributed by atoms with E-state index in [1.165, 1.54) is 6.92 Å². The first-order valence-electron chi connectivity index (χ1n) is 6.77. The lowest BCUT2D eigenvalue weighted by Gasteiger charge is -2.11. The summed E-state index contributed by atoms with van der Waals surface area (Å²) in [5.74, 6) is -2.93. The van der Waals surface area contributed by atoms with Crippen LogP contribution in [-0.2, 0) is 19.2 Å². The van der Waals surface area contributed by atoms with Crippen LogP contribution in [0.25, 0.3) is 5.57 Å². The summed E-state index contributed by atoms with van der Waals surface area (Å²) in [4.78, 5) is 49.8. The number of fused-ring (bicyclic) bond motifs is 1. The van der Waals surface area contributed by atoms with Crippen molar-refractivity contribution in [2.24, 2.45) is 0 Å². The highest BCUT2D eigenvalue weighted by Gasteiger charge is 2.43. The molecule has 9 heteroatoms. The smallest absolute Gasteiger partial charge is 0.323 e. The first-order valence-corrected chi connectivity index (χ1v) is 7.99. The molecule has 0 aromatic heterocycles. The Morgan fingerprint density at radius 2 is 1.88 bits per heavy atom. The van der Waals surface area contributed by atoms with Gasteiger partial charge in [0.2, 0.25) is 5.91 Å². The van der Waals surface area contributed by atoms with E-state index in [0.29, 0.717) is 11.3 Å². The van der Waals surface area contributed by atoms with Gasteiger partial charge in [-0.1, -0.05) is 42.2 Å². The number of amides is 3. The normalized spacial score (nSPS) is 20.0. The SMILES string of the molecule is CC(=O)N1C(=O)C(=C2SC(=S)N(CC(=O)O)C2=O)c2ccccc21. The molecule has 122 valence electrons. The Kier molecular flexibility index (Phi) is 3.98. The molecule has 1 aromatic rings. The largest absolute Gasteiger partial charge is 0.480 e. The second-order valence-corrected chi connectivity index (χ2v) is 6.68. The molecule has 2 aliphatic rings. The number of imide groups is 1. The van der Waals surface area contributed by atoms with E-state index in [1.807, 2.05) is 0 Å². The van der Waals surface area contributed by atoms with Crippen LogP contribution in [0, 0.1) is 0 Å². The number of carbonyl (C=O) groups excluding carboxylic acids is 3. The summed E-state index contributed by atoms with van der Waals surface area (Å²) in [6.45, 7) is 0.682. The standard InChI is InChI=1S/C15H10N2O5S2/c1-7(18)17-9-5-3-2-4-8(9)11(13(17)21)12-14(22)16(6-10(19)20)15(23)24-12/h2-5H,6H2,1H3,(H,19,20). The molecule has 1 aromatic carbocycles. The van der Waals surface area contributed by atoms with E-state index in [-0.39, 0.29) is 14.8 Å². The first kappa shape index (κ1) is 16.3. The molecule has 0 atom stereocenters. The zero-order chi connectivity index (χ0) is 17.6. The van der Waals surface area contributed by atoms with Gasteiger partial charge in [0, 0.05) is 12.5 Å². The van der Waals surface area contributed by atoms with E-state index in [1.54, 1.807) is 24.3 Å². The Bertz CT molecular complexity index is 861. The van der Waals surface area contributed by atoms with Crippen molar-refractivity contribution in [1.82, 2.24) is 4.90 Å². The van der Waals surface area contributed by atoms with Crippen LogP contribution in [0.1, 0.15) is 12.5 Å². The van der Waals surface area contributed by atoms with Gasteiger partial charge in [0.25, 0.3) is 11.8 Å². The van der Waals surface area contributed by atoms with Crippen molar-refractivity contribution in [2.75, 3.05) is 11.4 Å². The Morgan fingerprint density at radius 3 is 2.50 bits per heavy atom. The molecule has 0 radical (unpaired) electrons. The molecule has 0 aliphatic carbocycles. The summed E-state index contributed by atoms with van der Waals surface area (Å²) < 4.78 is 0.0662. The first-order chi connectivity index (χ1) is 11.3. The zero-order valence-electron chi connectivity index (χ0n) is 12.3. The summed E-state index contributed by atoms with van der Waals surface area (Å²) in [6.07, 6.45) is 0. The number of carboxylic acid groups (broad SMARTS) is 1. The van der Waals surface area contributed by atoms with Gasteiger partial charge in [0.1, 0.15) is 10.9 Å². The van der Waals surface area contributed by atoms with Crippen LogP contribution in [0.5, 0.6) is 0 Å². The molecular weight excluding hydrogens is 352 g/mol. The third-order valence-electron chi connectivity index (χ3n) is 3.52. The molecule has 2 aliphatic heterocycles. The fourth-order valence-corrected chi connectivity index (χ4v) is 3.90.